The van der Waals surface area contributed by atoms with Crippen LogP contribution in [-0.2, 0) is 4.74 Å². The molecule has 0 radical (unpaired) electrons. The Morgan fingerprint density at radius 3 is 3.05 bits per heavy atom. The molecule has 2 rings (SSSR count). The molecular weight excluding hydrogens is 262 g/mol. The molecule has 2 unspecified atom stereocenters. The topological polar surface area (TPSA) is 68.5 Å². The van der Waals surface area contributed by atoms with E-state index < -0.39 is 0 Å². The minimum Gasteiger partial charge on any atom is -0.376 e. The number of hydrogen-bond acceptors (Lipinski definition) is 5. The summed E-state index contributed by atoms with van der Waals surface area (Å²) in [6, 6.07) is -0.125. The monoisotopic (exact) mass is 283 g/mol. The first-order chi connectivity index (χ1) is 9.11. The van der Waals surface area contributed by atoms with Gasteiger partial charge >= 0.3 is 0 Å². The van der Waals surface area contributed by atoms with E-state index in [0.717, 1.165) is 24.5 Å². The number of thiazole rings is 1. The van der Waals surface area contributed by atoms with Crippen molar-refractivity contribution in [3.8, 4) is 0 Å². The smallest absolute Gasteiger partial charge is 0.273 e. The quantitative estimate of drug-likeness (QED) is 0.894. The Labute approximate surface area is 117 Å². The second-order valence-electron chi connectivity index (χ2n) is 4.84. The van der Waals surface area contributed by atoms with Gasteiger partial charge in [-0.2, -0.15) is 0 Å². The number of amides is 1. The normalized spacial score (nSPS) is 20.5. The number of nitrogens with two attached hydrogens (primary N) is 1. The Morgan fingerprint density at radius 2 is 2.53 bits per heavy atom. The van der Waals surface area contributed by atoms with Gasteiger partial charge in [0.2, 0.25) is 0 Å². The maximum absolute atomic E-state index is 12.4. The summed E-state index contributed by atoms with van der Waals surface area (Å²) < 4.78 is 5.58. The van der Waals surface area contributed by atoms with E-state index in [1.165, 1.54) is 11.3 Å². The molecule has 2 heterocycles. The van der Waals surface area contributed by atoms with Crippen molar-refractivity contribution in [1.29, 1.82) is 0 Å². The van der Waals surface area contributed by atoms with Crippen LogP contribution < -0.4 is 5.73 Å². The molecular formula is C13H21N3O2S. The average molecular weight is 283 g/mol. The molecule has 19 heavy (non-hydrogen) atoms. The first-order valence-electron chi connectivity index (χ1n) is 6.73. The number of nitrogens with zero attached hydrogens (tertiary/aromatic N) is 2. The van der Waals surface area contributed by atoms with E-state index in [4.69, 9.17) is 10.5 Å². The van der Waals surface area contributed by atoms with Gasteiger partial charge in [-0.3, -0.25) is 4.79 Å². The van der Waals surface area contributed by atoms with Crippen molar-refractivity contribution in [1.82, 2.24) is 9.88 Å². The van der Waals surface area contributed by atoms with Gasteiger partial charge < -0.3 is 15.4 Å². The molecule has 6 heteroatoms. The van der Waals surface area contributed by atoms with E-state index >= 15 is 0 Å². The molecule has 1 aliphatic rings. The van der Waals surface area contributed by atoms with Crippen LogP contribution in [0.1, 0.15) is 48.2 Å². The molecule has 2 atom stereocenters. The van der Waals surface area contributed by atoms with Gasteiger partial charge in [-0.15, -0.1) is 11.3 Å². The predicted octanol–water partition coefficient (Wildman–Crippen LogP) is 1.80. The molecule has 1 saturated heterocycles. The summed E-state index contributed by atoms with van der Waals surface area (Å²) in [7, 11) is 0. The van der Waals surface area contributed by atoms with Gasteiger partial charge in [-0.25, -0.2) is 4.98 Å². The first kappa shape index (κ1) is 14.4. The molecule has 0 aliphatic carbocycles. The summed E-state index contributed by atoms with van der Waals surface area (Å²) in [5.74, 6) is -0.0267. The van der Waals surface area contributed by atoms with Crippen LogP contribution in [0.25, 0.3) is 0 Å². The van der Waals surface area contributed by atoms with E-state index in [1.807, 2.05) is 13.8 Å². The molecule has 2 N–H and O–H groups in total. The number of likely N-dealkylation sites (N-methyl/N-ethyl adjacent to an activating group) is 1. The Balaban J connectivity index is 2.02. The van der Waals surface area contributed by atoms with E-state index in [1.54, 1.807) is 10.3 Å². The van der Waals surface area contributed by atoms with Crippen molar-refractivity contribution in [3.05, 3.63) is 16.1 Å². The van der Waals surface area contributed by atoms with Crippen LogP contribution in [0.5, 0.6) is 0 Å². The fourth-order valence-corrected chi connectivity index (χ4v) is 2.90. The van der Waals surface area contributed by atoms with Crippen molar-refractivity contribution in [3.63, 3.8) is 0 Å². The van der Waals surface area contributed by atoms with Gasteiger partial charge in [0.1, 0.15) is 10.7 Å². The molecule has 0 aromatic carbocycles. The first-order valence-corrected chi connectivity index (χ1v) is 7.61. The summed E-state index contributed by atoms with van der Waals surface area (Å²) in [4.78, 5) is 18.5. The Kier molecular flexibility index (Phi) is 4.90. The van der Waals surface area contributed by atoms with Gasteiger partial charge in [0.25, 0.3) is 5.91 Å². The number of hydrogen-bond donors (Lipinski definition) is 1. The lowest BCUT2D eigenvalue weighted by Gasteiger charge is -2.23. The minimum atomic E-state index is -0.125. The molecule has 5 nitrogen and oxygen atoms in total. The second-order valence-corrected chi connectivity index (χ2v) is 5.73. The van der Waals surface area contributed by atoms with Crippen molar-refractivity contribution >= 4 is 17.2 Å². The van der Waals surface area contributed by atoms with Crippen LogP contribution in [0.2, 0.25) is 0 Å². The van der Waals surface area contributed by atoms with Crippen LogP contribution in [0.4, 0.5) is 0 Å². The second kappa shape index (κ2) is 6.45. The molecule has 0 bridgehead atoms. The number of ether oxygens (including phenoxy) is 1. The summed E-state index contributed by atoms with van der Waals surface area (Å²) in [5.41, 5.74) is 6.27. The Morgan fingerprint density at radius 1 is 1.74 bits per heavy atom. The van der Waals surface area contributed by atoms with Crippen LogP contribution in [0, 0.1) is 0 Å². The van der Waals surface area contributed by atoms with Gasteiger partial charge in [0.05, 0.1) is 12.1 Å². The predicted molar refractivity (Wildman–Crippen MR) is 75.3 cm³/mol. The summed E-state index contributed by atoms with van der Waals surface area (Å²) in [5, 5.41) is 2.59. The lowest BCUT2D eigenvalue weighted by Crippen LogP contribution is -2.37. The van der Waals surface area contributed by atoms with Crippen molar-refractivity contribution in [2.75, 3.05) is 19.7 Å². The third-order valence-corrected chi connectivity index (χ3v) is 4.29. The van der Waals surface area contributed by atoms with E-state index in [-0.39, 0.29) is 18.1 Å². The molecule has 1 aromatic heterocycles. The number of aromatic nitrogens is 1. The number of carbonyl (C=O) groups excluding carboxylic acids is 1. The number of rotatable bonds is 5. The summed E-state index contributed by atoms with van der Waals surface area (Å²) in [6.07, 6.45) is 2.30. The molecule has 0 spiro atoms. The highest BCUT2D eigenvalue weighted by molar-refractivity contribution is 7.09. The van der Waals surface area contributed by atoms with Crippen molar-refractivity contribution in [2.24, 2.45) is 5.73 Å². The van der Waals surface area contributed by atoms with Crippen molar-refractivity contribution < 1.29 is 9.53 Å². The van der Waals surface area contributed by atoms with Gasteiger partial charge in [0.15, 0.2) is 0 Å². The third kappa shape index (κ3) is 3.52. The highest BCUT2D eigenvalue weighted by Gasteiger charge is 2.24. The third-order valence-electron chi connectivity index (χ3n) is 3.25. The van der Waals surface area contributed by atoms with Crippen LogP contribution in [0.15, 0.2) is 5.38 Å². The van der Waals surface area contributed by atoms with E-state index in [9.17, 15) is 4.79 Å². The zero-order valence-corrected chi connectivity index (χ0v) is 12.3. The Hall–Kier alpha value is -0.980. The van der Waals surface area contributed by atoms with Gasteiger partial charge in [-0.1, -0.05) is 0 Å². The van der Waals surface area contributed by atoms with Gasteiger partial charge in [0, 0.05) is 25.1 Å². The molecule has 1 aliphatic heterocycles. The van der Waals surface area contributed by atoms with Crippen LogP contribution >= 0.6 is 11.3 Å². The molecule has 1 aromatic rings. The highest BCUT2D eigenvalue weighted by Crippen LogP contribution is 2.18. The van der Waals surface area contributed by atoms with E-state index in [2.05, 4.69) is 4.98 Å². The maximum atomic E-state index is 12.4. The van der Waals surface area contributed by atoms with Crippen LogP contribution in [0.3, 0.4) is 0 Å². The molecule has 1 amide bonds. The van der Waals surface area contributed by atoms with E-state index in [0.29, 0.717) is 18.8 Å². The molecule has 106 valence electrons. The zero-order valence-electron chi connectivity index (χ0n) is 11.5. The van der Waals surface area contributed by atoms with Crippen LogP contribution in [-0.4, -0.2) is 41.6 Å². The van der Waals surface area contributed by atoms with Gasteiger partial charge in [-0.05, 0) is 26.7 Å². The lowest BCUT2D eigenvalue weighted by molar-refractivity contribution is 0.0535. The molecule has 1 fully saturated rings. The lowest BCUT2D eigenvalue weighted by atomic mass is 10.2. The fourth-order valence-electron chi connectivity index (χ4n) is 2.15. The average Bonchev–Trinajstić information content (AvgIpc) is 3.06. The largest absolute Gasteiger partial charge is 0.376 e. The number of carbonyl (C=O) groups is 1. The molecule has 0 saturated carbocycles. The minimum absolute atomic E-state index is 0.0267. The Bertz CT molecular complexity index is 427. The summed E-state index contributed by atoms with van der Waals surface area (Å²) in [6.45, 7) is 5.98. The fraction of sp³-hybridized carbons (Fsp3) is 0.692. The zero-order chi connectivity index (χ0) is 13.8. The maximum Gasteiger partial charge on any atom is 0.273 e. The SMILES string of the molecule is CCN(CC1CCCO1)C(=O)c1csc(C(C)N)n1. The standard InChI is InChI=1S/C13H21N3O2S/c1-3-16(7-10-5-4-6-18-10)13(17)11-8-19-12(15-11)9(2)14/h8-10H,3-7,14H2,1-2H3. The summed E-state index contributed by atoms with van der Waals surface area (Å²) >= 11 is 1.44. The van der Waals surface area contributed by atoms with Crippen molar-refractivity contribution in [2.45, 2.75) is 38.8 Å². The highest BCUT2D eigenvalue weighted by atomic mass is 32.1.